The van der Waals surface area contributed by atoms with Gasteiger partial charge in [0.15, 0.2) is 4.47 Å². The molecule has 0 bridgehead atoms. The van der Waals surface area contributed by atoms with Gasteiger partial charge < -0.3 is 4.74 Å². The van der Waals surface area contributed by atoms with E-state index in [1.807, 2.05) is 0 Å². The summed E-state index contributed by atoms with van der Waals surface area (Å²) in [6.07, 6.45) is 1.08. The molecule has 1 aliphatic heterocycles. The molecule has 12 heavy (non-hydrogen) atoms. The summed E-state index contributed by atoms with van der Waals surface area (Å²) in [6.45, 7) is 3.73. The van der Waals surface area contributed by atoms with Crippen LogP contribution in [0.5, 0.6) is 0 Å². The zero-order valence-electron chi connectivity index (χ0n) is 6.84. The highest BCUT2D eigenvalue weighted by atomic mass is 35.5. The summed E-state index contributed by atoms with van der Waals surface area (Å²) in [5.74, 6) is 0.480. The van der Waals surface area contributed by atoms with Crippen LogP contribution in [0.1, 0.15) is 22.9 Å². The Labute approximate surface area is 80.5 Å². The van der Waals surface area contributed by atoms with Crippen molar-refractivity contribution in [3.05, 3.63) is 15.0 Å². The Bertz CT molecular complexity index is 281. The third-order valence-corrected chi connectivity index (χ3v) is 3.21. The lowest BCUT2D eigenvalue weighted by Crippen LogP contribution is -1.99. The predicted molar refractivity (Wildman–Crippen MR) is 50.0 cm³/mol. The summed E-state index contributed by atoms with van der Waals surface area (Å²) in [4.78, 5) is 5.53. The molecule has 0 saturated carbocycles. The first-order chi connectivity index (χ1) is 5.77. The summed E-state index contributed by atoms with van der Waals surface area (Å²) in [7, 11) is 0. The first kappa shape index (κ1) is 8.48. The van der Waals surface area contributed by atoms with Crippen molar-refractivity contribution >= 4 is 22.9 Å². The van der Waals surface area contributed by atoms with Gasteiger partial charge in [-0.05, 0) is 13.3 Å². The highest BCUT2D eigenvalue weighted by Gasteiger charge is 2.22. The summed E-state index contributed by atoms with van der Waals surface area (Å²) in [5, 5.41) is 0. The van der Waals surface area contributed by atoms with Crippen LogP contribution in [0, 0.1) is 6.92 Å². The molecule has 1 aliphatic rings. The van der Waals surface area contributed by atoms with E-state index in [-0.39, 0.29) is 0 Å². The highest BCUT2D eigenvalue weighted by Crippen LogP contribution is 2.31. The van der Waals surface area contributed by atoms with Crippen molar-refractivity contribution in [3.63, 3.8) is 0 Å². The lowest BCUT2D eigenvalue weighted by molar-refractivity contribution is 0.193. The Morgan fingerprint density at radius 1 is 1.67 bits per heavy atom. The van der Waals surface area contributed by atoms with Gasteiger partial charge in [-0.2, -0.15) is 0 Å². The first-order valence-electron chi connectivity index (χ1n) is 3.98. The predicted octanol–water partition coefficient (Wildman–Crippen LogP) is 2.61. The second kappa shape index (κ2) is 3.32. The average molecular weight is 204 g/mol. The number of aromatic nitrogens is 1. The van der Waals surface area contributed by atoms with Crippen molar-refractivity contribution in [2.45, 2.75) is 19.3 Å². The molecule has 0 aromatic carbocycles. The van der Waals surface area contributed by atoms with Gasteiger partial charge in [-0.3, -0.25) is 0 Å². The number of thiazole rings is 1. The molecule has 1 saturated heterocycles. The second-order valence-corrected chi connectivity index (χ2v) is 4.75. The molecule has 1 aromatic rings. The van der Waals surface area contributed by atoms with Gasteiger partial charge in [-0.15, -0.1) is 11.3 Å². The molecular weight excluding hydrogens is 194 g/mol. The summed E-state index contributed by atoms with van der Waals surface area (Å²) >= 11 is 7.37. The van der Waals surface area contributed by atoms with Crippen LogP contribution in [0.15, 0.2) is 0 Å². The minimum Gasteiger partial charge on any atom is -0.381 e. The normalized spacial score (nSPS) is 23.3. The molecule has 4 heteroatoms. The Kier molecular flexibility index (Phi) is 2.35. The lowest BCUT2D eigenvalue weighted by atomic mass is 10.0. The standard InChI is InChI=1S/C8H10ClNOS/c1-5-7(10-8(9)12-5)6-2-3-11-4-6/h6H,2-4H2,1H3. The monoisotopic (exact) mass is 203 g/mol. The average Bonchev–Trinajstić information content (AvgIpc) is 2.58. The largest absolute Gasteiger partial charge is 0.381 e. The van der Waals surface area contributed by atoms with Crippen LogP contribution in [0.2, 0.25) is 4.47 Å². The van der Waals surface area contributed by atoms with Gasteiger partial charge in [0.2, 0.25) is 0 Å². The Morgan fingerprint density at radius 3 is 3.00 bits per heavy atom. The maximum atomic E-state index is 5.81. The number of aryl methyl sites for hydroxylation is 1. The topological polar surface area (TPSA) is 22.1 Å². The number of nitrogens with zero attached hydrogens (tertiary/aromatic N) is 1. The number of hydrogen-bond acceptors (Lipinski definition) is 3. The van der Waals surface area contributed by atoms with Gasteiger partial charge in [0.1, 0.15) is 0 Å². The summed E-state index contributed by atoms with van der Waals surface area (Å²) in [6, 6.07) is 0. The zero-order valence-corrected chi connectivity index (χ0v) is 8.41. The second-order valence-electron chi connectivity index (χ2n) is 2.97. The number of rotatable bonds is 1. The van der Waals surface area contributed by atoms with Crippen LogP contribution in [0.3, 0.4) is 0 Å². The van der Waals surface area contributed by atoms with Gasteiger partial charge in [0.05, 0.1) is 12.3 Å². The fourth-order valence-electron chi connectivity index (χ4n) is 1.50. The zero-order chi connectivity index (χ0) is 8.55. The summed E-state index contributed by atoms with van der Waals surface area (Å²) < 4.78 is 5.94. The van der Waals surface area contributed by atoms with E-state index in [0.29, 0.717) is 10.4 Å². The highest BCUT2D eigenvalue weighted by molar-refractivity contribution is 7.15. The molecule has 66 valence electrons. The van der Waals surface area contributed by atoms with Crippen molar-refractivity contribution in [1.82, 2.24) is 4.98 Å². The quantitative estimate of drug-likeness (QED) is 0.700. The minimum absolute atomic E-state index is 0.480. The molecule has 1 fully saturated rings. The van der Waals surface area contributed by atoms with E-state index in [1.165, 1.54) is 4.88 Å². The van der Waals surface area contributed by atoms with Crippen LogP contribution in [0.25, 0.3) is 0 Å². The van der Waals surface area contributed by atoms with Crippen molar-refractivity contribution in [2.75, 3.05) is 13.2 Å². The Balaban J connectivity index is 2.25. The molecule has 2 heterocycles. The number of halogens is 1. The van der Waals surface area contributed by atoms with Crippen molar-refractivity contribution in [1.29, 1.82) is 0 Å². The molecule has 1 aromatic heterocycles. The number of hydrogen-bond donors (Lipinski definition) is 0. The van der Waals surface area contributed by atoms with Gasteiger partial charge >= 0.3 is 0 Å². The molecule has 1 unspecified atom stereocenters. The van der Waals surface area contributed by atoms with E-state index in [1.54, 1.807) is 11.3 Å². The maximum absolute atomic E-state index is 5.81. The van der Waals surface area contributed by atoms with E-state index in [4.69, 9.17) is 16.3 Å². The third-order valence-electron chi connectivity index (χ3n) is 2.12. The minimum atomic E-state index is 0.480. The lowest BCUT2D eigenvalue weighted by Gasteiger charge is -2.03. The van der Waals surface area contributed by atoms with E-state index in [9.17, 15) is 0 Å². The molecular formula is C8H10ClNOS. The SMILES string of the molecule is Cc1sc(Cl)nc1C1CCOC1. The molecule has 2 rings (SSSR count). The molecule has 0 radical (unpaired) electrons. The van der Waals surface area contributed by atoms with Gasteiger partial charge in [-0.25, -0.2) is 4.98 Å². The van der Waals surface area contributed by atoms with E-state index >= 15 is 0 Å². The van der Waals surface area contributed by atoms with Crippen molar-refractivity contribution in [2.24, 2.45) is 0 Å². The smallest absolute Gasteiger partial charge is 0.184 e. The maximum Gasteiger partial charge on any atom is 0.184 e. The number of ether oxygens (including phenoxy) is 1. The molecule has 0 spiro atoms. The fourth-order valence-corrected chi connectivity index (χ4v) is 2.66. The Morgan fingerprint density at radius 2 is 2.50 bits per heavy atom. The van der Waals surface area contributed by atoms with Crippen LogP contribution in [-0.2, 0) is 4.74 Å². The first-order valence-corrected chi connectivity index (χ1v) is 5.17. The van der Waals surface area contributed by atoms with Gasteiger partial charge in [0, 0.05) is 17.4 Å². The molecule has 1 atom stereocenters. The molecule has 2 nitrogen and oxygen atoms in total. The van der Waals surface area contributed by atoms with E-state index in [2.05, 4.69) is 11.9 Å². The fraction of sp³-hybridized carbons (Fsp3) is 0.625. The van der Waals surface area contributed by atoms with Gasteiger partial charge in [-0.1, -0.05) is 11.6 Å². The third kappa shape index (κ3) is 1.49. The molecule has 0 amide bonds. The van der Waals surface area contributed by atoms with Gasteiger partial charge in [0.25, 0.3) is 0 Å². The summed E-state index contributed by atoms with van der Waals surface area (Å²) in [5.41, 5.74) is 1.14. The van der Waals surface area contributed by atoms with Crippen LogP contribution in [0.4, 0.5) is 0 Å². The molecule has 0 N–H and O–H groups in total. The van der Waals surface area contributed by atoms with Crippen LogP contribution >= 0.6 is 22.9 Å². The molecule has 0 aliphatic carbocycles. The Hall–Kier alpha value is -0.120. The van der Waals surface area contributed by atoms with Crippen LogP contribution < -0.4 is 0 Å². The van der Waals surface area contributed by atoms with Crippen molar-refractivity contribution < 1.29 is 4.74 Å². The van der Waals surface area contributed by atoms with Crippen LogP contribution in [-0.4, -0.2) is 18.2 Å². The van der Waals surface area contributed by atoms with E-state index < -0.39 is 0 Å². The van der Waals surface area contributed by atoms with E-state index in [0.717, 1.165) is 25.3 Å². The van der Waals surface area contributed by atoms with Crippen molar-refractivity contribution in [3.8, 4) is 0 Å².